The van der Waals surface area contributed by atoms with Gasteiger partial charge in [-0.1, -0.05) is 93.4 Å². The third kappa shape index (κ3) is 11.4. The highest BCUT2D eigenvalue weighted by atomic mass is 79.9. The number of benzene rings is 4. The fourth-order valence-electron chi connectivity index (χ4n) is 10.2. The van der Waals surface area contributed by atoms with Crippen molar-refractivity contribution in [2.45, 2.75) is 82.7 Å². The van der Waals surface area contributed by atoms with Crippen LogP contribution in [0.15, 0.2) is 111 Å². The molecule has 69 heavy (non-hydrogen) atoms. The zero-order chi connectivity index (χ0) is 48.2. The third-order valence-electron chi connectivity index (χ3n) is 14.1. The number of aliphatic hydroxyl groups is 2. The average Bonchev–Trinajstić information content (AvgIpc) is 3.84. The Morgan fingerprint density at radius 2 is 1.46 bits per heavy atom. The van der Waals surface area contributed by atoms with Crippen molar-refractivity contribution in [3.05, 3.63) is 128 Å². The predicted octanol–water partition coefficient (Wildman–Crippen LogP) is 7.44. The largest absolute Gasteiger partial charge is 0.390 e. The van der Waals surface area contributed by atoms with E-state index in [0.29, 0.717) is 69.6 Å². The maximum Gasteiger partial charge on any atom is 0.281 e. The molecule has 3 aromatic heterocycles. The smallest absolute Gasteiger partial charge is 0.281 e. The van der Waals surface area contributed by atoms with Gasteiger partial charge in [0.1, 0.15) is 5.52 Å². The first-order valence-corrected chi connectivity index (χ1v) is 25.7. The summed E-state index contributed by atoms with van der Waals surface area (Å²) in [4.78, 5) is 50.9. The number of nitrogens with one attached hydrogen (secondary N) is 1. The number of fused-ring (bicyclic) bond motifs is 4. The molecule has 4 aromatic carbocycles. The van der Waals surface area contributed by atoms with Gasteiger partial charge in [-0.15, -0.1) is 0 Å². The Morgan fingerprint density at radius 1 is 0.812 bits per heavy atom. The molecule has 2 aliphatic rings. The number of piperidine rings is 1. The van der Waals surface area contributed by atoms with Gasteiger partial charge in [-0.05, 0) is 85.7 Å². The van der Waals surface area contributed by atoms with Crippen molar-refractivity contribution in [2.24, 2.45) is 7.05 Å². The number of aromatic nitrogens is 5. The van der Waals surface area contributed by atoms with Gasteiger partial charge >= 0.3 is 0 Å². The van der Waals surface area contributed by atoms with Crippen LogP contribution >= 0.6 is 31.9 Å². The highest BCUT2D eigenvalue weighted by molar-refractivity contribution is 9.10. The minimum absolute atomic E-state index is 0.0247. The lowest BCUT2D eigenvalue weighted by atomic mass is 9.90. The molecule has 2 atom stereocenters. The van der Waals surface area contributed by atoms with Crippen molar-refractivity contribution in [2.75, 3.05) is 52.4 Å². The normalized spacial score (nSPS) is 16.6. The Kier molecular flexibility index (Phi) is 15.1. The van der Waals surface area contributed by atoms with E-state index in [1.165, 1.54) is 21.7 Å². The number of amides is 2. The van der Waals surface area contributed by atoms with E-state index in [-0.39, 0.29) is 35.4 Å². The number of unbranched alkanes of at least 4 members (excludes halogenated alkanes) is 1. The Balaban J connectivity index is 0.690. The second kappa shape index (κ2) is 21.4. The van der Waals surface area contributed by atoms with Gasteiger partial charge in [0, 0.05) is 109 Å². The van der Waals surface area contributed by atoms with E-state index in [1.54, 1.807) is 11.7 Å². The lowest BCUT2D eigenvalue weighted by Crippen LogP contribution is -2.49. The number of aryl methyl sites for hydroxylation is 1. The lowest BCUT2D eigenvalue weighted by Gasteiger charge is -2.38. The van der Waals surface area contributed by atoms with Gasteiger partial charge in [0.05, 0.1) is 36.8 Å². The number of aliphatic hydroxyl groups excluding tert-OH is 1. The zero-order valence-corrected chi connectivity index (χ0v) is 42.5. The number of halogens is 2. The van der Waals surface area contributed by atoms with E-state index in [4.69, 9.17) is 0 Å². The van der Waals surface area contributed by atoms with E-state index >= 15 is 0 Å². The molecule has 0 bridgehead atoms. The summed E-state index contributed by atoms with van der Waals surface area (Å²) < 4.78 is 7.40. The summed E-state index contributed by atoms with van der Waals surface area (Å²) in [6.07, 6.45) is 4.34. The van der Waals surface area contributed by atoms with Crippen molar-refractivity contribution in [3.8, 4) is 11.3 Å². The molecule has 9 rings (SSSR count). The molecule has 3 N–H and O–H groups in total. The van der Waals surface area contributed by atoms with Crippen LogP contribution in [0.4, 0.5) is 0 Å². The number of carbonyl (C=O) groups excluding carboxylic acids is 2. The number of piperazine rings is 1. The molecule has 14 nitrogen and oxygen atoms in total. The molecule has 7 aromatic rings. The summed E-state index contributed by atoms with van der Waals surface area (Å²) in [5, 5.41) is 32.7. The van der Waals surface area contributed by atoms with Crippen LogP contribution < -0.4 is 10.9 Å². The van der Waals surface area contributed by atoms with Crippen LogP contribution in [0.25, 0.3) is 44.1 Å². The van der Waals surface area contributed by atoms with Crippen LogP contribution in [0.3, 0.4) is 0 Å². The molecule has 2 amide bonds. The van der Waals surface area contributed by atoms with Crippen LogP contribution in [0.5, 0.6) is 0 Å². The number of hydrogen-bond acceptors (Lipinski definition) is 9. The quantitative estimate of drug-likeness (QED) is 0.0791. The zero-order valence-electron chi connectivity index (χ0n) is 39.4. The standard InChI is InChI=1S/C53H61Br2N9O5/c1-36(38-8-4-3-5-9-38)28-48(67)62-22-19-53(69,20-23-62)34-63-35-57-49-50(52(63)68)58-59(2)51(49)39-13-11-37(12-14-39)31-56-47(66)10-6-7-21-60-24-26-61(27-25-60)32-42(65)33-64-45-17-15-40(54)29-43(45)44-30-41(55)16-18-46(44)64/h3-5,8-9,11-18,29-30,35-36,42,65,69H,6-7,10,19-28,31-34H2,1-2H3,(H,56,66)/t36-,42-/m1/s1. The van der Waals surface area contributed by atoms with Gasteiger partial charge in [-0.3, -0.25) is 28.5 Å². The minimum atomic E-state index is -1.15. The van der Waals surface area contributed by atoms with Crippen molar-refractivity contribution in [1.29, 1.82) is 0 Å². The second-order valence-corrected chi connectivity index (χ2v) is 21.0. The number of carbonyl (C=O) groups is 2. The number of likely N-dealkylation sites (tertiary alicyclic amines) is 1. The van der Waals surface area contributed by atoms with Crippen molar-refractivity contribution in [3.63, 3.8) is 0 Å². The maximum atomic E-state index is 13.7. The molecule has 0 aliphatic carbocycles. The molecule has 2 fully saturated rings. The summed E-state index contributed by atoms with van der Waals surface area (Å²) >= 11 is 7.24. The van der Waals surface area contributed by atoms with Crippen LogP contribution in [0.2, 0.25) is 0 Å². The van der Waals surface area contributed by atoms with Crippen molar-refractivity contribution >= 4 is 76.5 Å². The molecule has 2 saturated heterocycles. The van der Waals surface area contributed by atoms with Crippen LogP contribution in [-0.4, -0.2) is 125 Å². The topological polar surface area (TPSA) is 154 Å². The van der Waals surface area contributed by atoms with E-state index < -0.39 is 11.7 Å². The Morgan fingerprint density at radius 3 is 2.13 bits per heavy atom. The Hall–Kier alpha value is -5.23. The van der Waals surface area contributed by atoms with Gasteiger partial charge in [-0.2, -0.15) is 5.10 Å². The monoisotopic (exact) mass is 1060 g/mol. The molecule has 5 heterocycles. The molecule has 16 heteroatoms. The van der Waals surface area contributed by atoms with Crippen LogP contribution in [0, 0.1) is 0 Å². The van der Waals surface area contributed by atoms with E-state index in [0.717, 1.165) is 82.2 Å². The first-order valence-electron chi connectivity index (χ1n) is 24.1. The minimum Gasteiger partial charge on any atom is -0.390 e. The van der Waals surface area contributed by atoms with E-state index in [1.807, 2.05) is 59.5 Å². The SMILES string of the molecule is C[C@H](CC(=O)N1CCC(O)(Cn2cnc3c(-c4ccc(CNC(=O)CCCCN5CCN(C[C@@H](O)Cn6c7ccc(Br)cc7c7cc(Br)ccc76)CC5)cc4)n(C)nc3c2=O)CC1)c1ccccc1. The highest BCUT2D eigenvalue weighted by Crippen LogP contribution is 2.34. The number of nitrogens with zero attached hydrogens (tertiary/aromatic N) is 8. The van der Waals surface area contributed by atoms with E-state index in [9.17, 15) is 24.6 Å². The molecular weight excluding hydrogens is 1000 g/mol. The van der Waals surface area contributed by atoms with Gasteiger partial charge in [-0.25, -0.2) is 4.98 Å². The maximum absolute atomic E-state index is 13.7. The van der Waals surface area contributed by atoms with Gasteiger partial charge in [0.2, 0.25) is 11.8 Å². The first-order chi connectivity index (χ1) is 33.3. The summed E-state index contributed by atoms with van der Waals surface area (Å²) in [6.45, 7) is 9.18. The van der Waals surface area contributed by atoms with Crippen molar-refractivity contribution in [1.82, 2.24) is 43.9 Å². The third-order valence-corrected chi connectivity index (χ3v) is 15.1. The number of rotatable bonds is 17. The summed E-state index contributed by atoms with van der Waals surface area (Å²) in [5.41, 5.74) is 5.10. The molecule has 0 saturated carbocycles. The summed E-state index contributed by atoms with van der Waals surface area (Å²) in [5.74, 6) is 0.196. The van der Waals surface area contributed by atoms with Crippen molar-refractivity contribution < 1.29 is 19.8 Å². The molecule has 2 aliphatic heterocycles. The van der Waals surface area contributed by atoms with E-state index in [2.05, 4.69) is 105 Å². The fraction of sp³-hybridized carbons (Fsp3) is 0.415. The fourth-order valence-corrected chi connectivity index (χ4v) is 10.9. The molecule has 0 radical (unpaired) electrons. The molecule has 362 valence electrons. The Bertz CT molecular complexity index is 2930. The number of hydrogen-bond donors (Lipinski definition) is 3. The van der Waals surface area contributed by atoms with Gasteiger partial charge in [0.25, 0.3) is 5.56 Å². The summed E-state index contributed by atoms with van der Waals surface area (Å²) in [7, 11) is 1.79. The highest BCUT2D eigenvalue weighted by Gasteiger charge is 2.35. The molecule has 0 unspecified atom stereocenters. The summed E-state index contributed by atoms with van der Waals surface area (Å²) in [6, 6.07) is 30.5. The average molecular weight is 1060 g/mol. The predicted molar refractivity (Wildman–Crippen MR) is 278 cm³/mol. The second-order valence-electron chi connectivity index (χ2n) is 19.1. The van der Waals surface area contributed by atoms with Crippen LogP contribution in [-0.2, 0) is 36.3 Å². The lowest BCUT2D eigenvalue weighted by molar-refractivity contribution is -0.136. The van der Waals surface area contributed by atoms with Crippen LogP contribution in [0.1, 0.15) is 62.5 Å². The first kappa shape index (κ1) is 48.8. The Labute approximate surface area is 419 Å². The van der Waals surface area contributed by atoms with Gasteiger partial charge in [0.15, 0.2) is 5.52 Å². The molecular formula is C53H61Br2N9O5. The molecule has 0 spiro atoms. The number of β-amino-alcohol motifs (C(OH)–C–C–N with tert-alkyl or cyclic N) is 1. The van der Waals surface area contributed by atoms with Gasteiger partial charge < -0.3 is 29.9 Å².